The van der Waals surface area contributed by atoms with Gasteiger partial charge in [0.05, 0.1) is 11.6 Å². The fraction of sp³-hybridized carbons (Fsp3) is 0.533. The molecule has 0 aliphatic rings. The second-order valence-corrected chi connectivity index (χ2v) is 5.20. The minimum Gasteiger partial charge on any atom is -0.327 e. The number of hydrogen-bond acceptors (Lipinski definition) is 3. The molecule has 0 heterocycles. The maximum Gasteiger partial charge on any atom is 0.0995 e. The minimum atomic E-state index is 0.249. The van der Waals surface area contributed by atoms with Crippen LogP contribution in [0.3, 0.4) is 0 Å². The Bertz CT molecular complexity index is 406. The van der Waals surface area contributed by atoms with E-state index in [1.165, 1.54) is 0 Å². The molecule has 98 valence electrons. The molecule has 1 rings (SSSR count). The second-order valence-electron chi connectivity index (χ2n) is 5.20. The summed E-state index contributed by atoms with van der Waals surface area (Å²) in [4.78, 5) is 2.22. The molecule has 0 aromatic heterocycles. The van der Waals surface area contributed by atoms with Gasteiger partial charge in [0.2, 0.25) is 0 Å². The van der Waals surface area contributed by atoms with Gasteiger partial charge in [-0.05, 0) is 37.6 Å². The molecule has 0 aliphatic heterocycles. The SMILES string of the molecule is CC(C)C(N)CCN(C)Cc1ccccc1C#N. The van der Waals surface area contributed by atoms with Crippen molar-refractivity contribution in [1.29, 1.82) is 5.26 Å². The Balaban J connectivity index is 2.50. The Morgan fingerprint density at radius 1 is 1.33 bits per heavy atom. The summed E-state index contributed by atoms with van der Waals surface area (Å²) in [5, 5.41) is 9.03. The fourth-order valence-electron chi connectivity index (χ4n) is 1.84. The molecule has 0 radical (unpaired) electrons. The summed E-state index contributed by atoms with van der Waals surface area (Å²) in [5.74, 6) is 0.518. The molecule has 0 aliphatic carbocycles. The van der Waals surface area contributed by atoms with Crippen LogP contribution in [0.4, 0.5) is 0 Å². The molecular formula is C15H23N3. The summed E-state index contributed by atoms with van der Waals surface area (Å²) in [6, 6.07) is 10.2. The van der Waals surface area contributed by atoms with Crippen molar-refractivity contribution in [2.45, 2.75) is 32.9 Å². The molecule has 3 nitrogen and oxygen atoms in total. The van der Waals surface area contributed by atoms with Crippen LogP contribution in [0.2, 0.25) is 0 Å². The molecular weight excluding hydrogens is 222 g/mol. The van der Waals surface area contributed by atoms with Crippen LogP contribution >= 0.6 is 0 Å². The van der Waals surface area contributed by atoms with Crippen molar-refractivity contribution >= 4 is 0 Å². The minimum absolute atomic E-state index is 0.249. The zero-order valence-corrected chi connectivity index (χ0v) is 11.6. The first-order chi connectivity index (χ1) is 8.54. The van der Waals surface area contributed by atoms with Gasteiger partial charge in [-0.2, -0.15) is 5.26 Å². The molecule has 3 heteroatoms. The monoisotopic (exact) mass is 245 g/mol. The number of rotatable bonds is 6. The summed E-state index contributed by atoms with van der Waals surface area (Å²) in [7, 11) is 2.07. The lowest BCUT2D eigenvalue weighted by Crippen LogP contribution is -2.31. The van der Waals surface area contributed by atoms with Crippen molar-refractivity contribution in [2.24, 2.45) is 11.7 Å². The molecule has 2 N–H and O–H groups in total. The summed E-state index contributed by atoms with van der Waals surface area (Å²) < 4.78 is 0. The van der Waals surface area contributed by atoms with Gasteiger partial charge in [-0.3, -0.25) is 0 Å². The van der Waals surface area contributed by atoms with Crippen LogP contribution in [0, 0.1) is 17.2 Å². The van der Waals surface area contributed by atoms with Crippen molar-refractivity contribution in [2.75, 3.05) is 13.6 Å². The average molecular weight is 245 g/mol. The van der Waals surface area contributed by atoms with E-state index in [0.29, 0.717) is 5.92 Å². The van der Waals surface area contributed by atoms with E-state index in [9.17, 15) is 0 Å². The quantitative estimate of drug-likeness (QED) is 0.837. The van der Waals surface area contributed by atoms with Crippen LogP contribution < -0.4 is 5.73 Å². The summed E-state index contributed by atoms with van der Waals surface area (Å²) >= 11 is 0. The van der Waals surface area contributed by atoms with E-state index in [1.807, 2.05) is 24.3 Å². The Morgan fingerprint density at radius 2 is 2.00 bits per heavy atom. The predicted molar refractivity (Wildman–Crippen MR) is 74.9 cm³/mol. The van der Waals surface area contributed by atoms with Crippen molar-refractivity contribution in [3.05, 3.63) is 35.4 Å². The maximum absolute atomic E-state index is 9.03. The first-order valence-corrected chi connectivity index (χ1v) is 6.46. The first-order valence-electron chi connectivity index (χ1n) is 6.46. The highest BCUT2D eigenvalue weighted by Crippen LogP contribution is 2.11. The smallest absolute Gasteiger partial charge is 0.0995 e. The second kappa shape index (κ2) is 7.15. The van der Waals surface area contributed by atoms with Gasteiger partial charge in [0.1, 0.15) is 0 Å². The Hall–Kier alpha value is -1.37. The van der Waals surface area contributed by atoms with Crippen LogP contribution in [-0.4, -0.2) is 24.5 Å². The van der Waals surface area contributed by atoms with Gasteiger partial charge in [-0.1, -0.05) is 32.0 Å². The van der Waals surface area contributed by atoms with E-state index < -0.39 is 0 Å². The van der Waals surface area contributed by atoms with Gasteiger partial charge in [0.25, 0.3) is 0 Å². The average Bonchev–Trinajstić information content (AvgIpc) is 2.36. The third kappa shape index (κ3) is 4.48. The Labute approximate surface area is 110 Å². The lowest BCUT2D eigenvalue weighted by Gasteiger charge is -2.21. The highest BCUT2D eigenvalue weighted by molar-refractivity contribution is 5.37. The number of benzene rings is 1. The Kier molecular flexibility index (Phi) is 5.84. The molecule has 18 heavy (non-hydrogen) atoms. The van der Waals surface area contributed by atoms with Gasteiger partial charge in [0, 0.05) is 12.6 Å². The lowest BCUT2D eigenvalue weighted by atomic mass is 10.0. The van der Waals surface area contributed by atoms with Gasteiger partial charge in [-0.15, -0.1) is 0 Å². The molecule has 0 fully saturated rings. The Morgan fingerprint density at radius 3 is 2.61 bits per heavy atom. The van der Waals surface area contributed by atoms with Crippen molar-refractivity contribution in [1.82, 2.24) is 4.90 Å². The van der Waals surface area contributed by atoms with E-state index in [4.69, 9.17) is 11.0 Å². The molecule has 1 atom stereocenters. The lowest BCUT2D eigenvalue weighted by molar-refractivity contribution is 0.296. The molecule has 0 amide bonds. The predicted octanol–water partition coefficient (Wildman–Crippen LogP) is 2.36. The van der Waals surface area contributed by atoms with Gasteiger partial charge >= 0.3 is 0 Å². The van der Waals surface area contributed by atoms with Crippen LogP contribution in [0.1, 0.15) is 31.4 Å². The molecule has 0 spiro atoms. The molecule has 1 unspecified atom stereocenters. The molecule has 0 bridgehead atoms. The van der Waals surface area contributed by atoms with Crippen molar-refractivity contribution < 1.29 is 0 Å². The van der Waals surface area contributed by atoms with E-state index >= 15 is 0 Å². The zero-order chi connectivity index (χ0) is 13.5. The molecule has 0 saturated heterocycles. The standard InChI is InChI=1S/C15H23N3/c1-12(2)15(17)8-9-18(3)11-14-7-5-4-6-13(14)10-16/h4-7,12,15H,8-9,11,17H2,1-3H3. The van der Waals surface area contributed by atoms with Crippen LogP contribution in [0.5, 0.6) is 0 Å². The van der Waals surface area contributed by atoms with Crippen LogP contribution in [0.15, 0.2) is 24.3 Å². The van der Waals surface area contributed by atoms with Gasteiger partial charge < -0.3 is 10.6 Å². The summed E-state index contributed by atoms with van der Waals surface area (Å²) in [6.45, 7) is 6.05. The summed E-state index contributed by atoms with van der Waals surface area (Å²) in [6.07, 6.45) is 0.989. The topological polar surface area (TPSA) is 53.0 Å². The third-order valence-corrected chi connectivity index (χ3v) is 3.28. The van der Waals surface area contributed by atoms with E-state index in [1.54, 1.807) is 0 Å². The van der Waals surface area contributed by atoms with Crippen molar-refractivity contribution in [3.63, 3.8) is 0 Å². The molecule has 0 saturated carbocycles. The van der Waals surface area contributed by atoms with E-state index in [-0.39, 0.29) is 6.04 Å². The normalized spacial score (nSPS) is 12.7. The molecule has 1 aromatic carbocycles. The first kappa shape index (κ1) is 14.7. The number of hydrogen-bond donors (Lipinski definition) is 1. The van der Waals surface area contributed by atoms with Crippen molar-refractivity contribution in [3.8, 4) is 6.07 Å². The van der Waals surface area contributed by atoms with Gasteiger partial charge in [-0.25, -0.2) is 0 Å². The fourth-order valence-corrected chi connectivity index (χ4v) is 1.84. The highest BCUT2D eigenvalue weighted by Gasteiger charge is 2.10. The maximum atomic E-state index is 9.03. The van der Waals surface area contributed by atoms with Crippen LogP contribution in [-0.2, 0) is 6.54 Å². The molecule has 1 aromatic rings. The van der Waals surface area contributed by atoms with E-state index in [2.05, 4.69) is 31.9 Å². The number of nitrogens with two attached hydrogens (primary N) is 1. The van der Waals surface area contributed by atoms with E-state index in [0.717, 1.165) is 30.6 Å². The van der Waals surface area contributed by atoms with Crippen LogP contribution in [0.25, 0.3) is 0 Å². The third-order valence-electron chi connectivity index (χ3n) is 3.28. The largest absolute Gasteiger partial charge is 0.327 e. The van der Waals surface area contributed by atoms with Gasteiger partial charge in [0.15, 0.2) is 0 Å². The number of nitrogens with zero attached hydrogens (tertiary/aromatic N) is 2. The zero-order valence-electron chi connectivity index (χ0n) is 11.6. The number of nitriles is 1. The summed E-state index contributed by atoms with van der Waals surface area (Å²) in [5.41, 5.74) is 7.88. The highest BCUT2D eigenvalue weighted by atomic mass is 15.1.